The zero-order chi connectivity index (χ0) is 44.7. The van der Waals surface area contributed by atoms with Gasteiger partial charge in [-0.05, 0) is 63.7 Å². The summed E-state index contributed by atoms with van der Waals surface area (Å²) in [6.07, 6.45) is 23.8. The summed E-state index contributed by atoms with van der Waals surface area (Å²) in [4.78, 5) is 52.9. The number of carbonyl (C=O) groups excluding carboxylic acids is 2. The second kappa shape index (κ2) is 33.7. The Kier molecular flexibility index (Phi) is 31.6. The number of aliphatic hydroxyl groups excluding tert-OH is 4. The highest BCUT2D eigenvalue weighted by Gasteiger charge is 2.39. The topological polar surface area (TPSA) is 256 Å². The first-order valence-electron chi connectivity index (χ1n) is 21.9. The fourth-order valence-corrected chi connectivity index (χ4v) is 7.79. The normalized spacial score (nSPS) is 21.1. The predicted molar refractivity (Wildman–Crippen MR) is 227 cm³/mol. The van der Waals surface area contributed by atoms with Crippen LogP contribution in [-0.4, -0.2) is 104 Å². The Balaban J connectivity index is 2.60. The van der Waals surface area contributed by atoms with Gasteiger partial charge in [0.05, 0.1) is 38.1 Å². The van der Waals surface area contributed by atoms with Gasteiger partial charge >= 0.3 is 27.6 Å². The molecule has 8 atom stereocenters. The lowest BCUT2D eigenvalue weighted by Gasteiger charge is -2.20. The van der Waals surface area contributed by atoms with Crippen molar-refractivity contribution in [2.24, 2.45) is 11.8 Å². The van der Waals surface area contributed by atoms with Gasteiger partial charge in [-0.1, -0.05) is 108 Å². The van der Waals surface area contributed by atoms with Crippen molar-refractivity contribution >= 4 is 27.6 Å². The number of hydrogen-bond acceptors (Lipinski definition) is 13. The van der Waals surface area contributed by atoms with E-state index in [0.29, 0.717) is 32.1 Å². The lowest BCUT2D eigenvalue weighted by molar-refractivity contribution is -0.161. The minimum atomic E-state index is -4.90. The summed E-state index contributed by atoms with van der Waals surface area (Å²) in [6, 6.07) is 0. The Hall–Kier alpha value is -1.78. The number of hydrogen-bond donors (Lipinski definition) is 7. The second-order valence-corrected chi connectivity index (χ2v) is 18.3. The van der Waals surface area contributed by atoms with Crippen molar-refractivity contribution in [1.82, 2.24) is 0 Å². The monoisotopic (exact) mass is 898 g/mol. The van der Waals surface area contributed by atoms with E-state index in [0.717, 1.165) is 57.8 Å². The van der Waals surface area contributed by atoms with Gasteiger partial charge in [0.25, 0.3) is 0 Å². The molecule has 1 fully saturated rings. The first-order chi connectivity index (χ1) is 28.6. The molecule has 0 amide bonds. The lowest BCUT2D eigenvalue weighted by atomic mass is 9.89. The Morgan fingerprint density at radius 3 is 1.92 bits per heavy atom. The average Bonchev–Trinajstić information content (AvgIpc) is 3.46. The molecule has 0 bridgehead atoms. The molecule has 0 heterocycles. The van der Waals surface area contributed by atoms with E-state index < -0.39 is 84.5 Å². The Bertz CT molecular complexity index is 1320. The van der Waals surface area contributed by atoms with Gasteiger partial charge in [0.1, 0.15) is 12.7 Å². The molecular formula is C42H76O16P2. The van der Waals surface area contributed by atoms with Crippen molar-refractivity contribution < 1.29 is 76.9 Å². The number of unbranched alkanes of at least 4 members (excludes halogenated alkanes) is 12. The molecule has 0 aliphatic heterocycles. The van der Waals surface area contributed by atoms with Crippen molar-refractivity contribution in [1.29, 1.82) is 0 Å². The van der Waals surface area contributed by atoms with Gasteiger partial charge in [-0.3, -0.25) is 23.2 Å². The van der Waals surface area contributed by atoms with Gasteiger partial charge in [-0.15, -0.1) is 0 Å². The van der Waals surface area contributed by atoms with E-state index in [4.69, 9.17) is 23.8 Å². The van der Waals surface area contributed by atoms with Crippen LogP contribution in [0, 0.1) is 11.8 Å². The molecule has 1 unspecified atom stereocenters. The van der Waals surface area contributed by atoms with E-state index in [-0.39, 0.29) is 31.1 Å². The smallest absolute Gasteiger partial charge is 0.462 e. The molecule has 0 radical (unpaired) electrons. The molecule has 16 nitrogen and oxygen atoms in total. The predicted octanol–water partition coefficient (Wildman–Crippen LogP) is 7.27. The summed E-state index contributed by atoms with van der Waals surface area (Å²) in [6.45, 7) is 1.35. The second-order valence-electron chi connectivity index (χ2n) is 15.6. The van der Waals surface area contributed by atoms with Gasteiger partial charge in [0.15, 0.2) is 6.10 Å². The highest BCUT2D eigenvalue weighted by Crippen LogP contribution is 2.44. The molecule has 0 aromatic rings. The zero-order valence-corrected chi connectivity index (χ0v) is 37.7. The molecule has 7 N–H and O–H groups in total. The fourth-order valence-electron chi connectivity index (χ4n) is 6.63. The van der Waals surface area contributed by atoms with E-state index in [9.17, 15) is 44.0 Å². The largest absolute Gasteiger partial charge is 0.472 e. The first kappa shape index (κ1) is 56.2. The summed E-state index contributed by atoms with van der Waals surface area (Å²) >= 11 is 0. The van der Waals surface area contributed by atoms with Gasteiger partial charge < -0.3 is 44.6 Å². The Labute approximate surface area is 357 Å². The van der Waals surface area contributed by atoms with Crippen molar-refractivity contribution in [2.45, 2.75) is 179 Å². The number of esters is 2. The fraction of sp³-hybridized carbons (Fsp3) is 0.810. The molecule has 60 heavy (non-hydrogen) atoms. The number of allylic oxidation sites excluding steroid dienone is 4. The van der Waals surface area contributed by atoms with E-state index in [1.54, 1.807) is 12.2 Å². The van der Waals surface area contributed by atoms with E-state index in [1.165, 1.54) is 25.7 Å². The van der Waals surface area contributed by atoms with Gasteiger partial charge in [0, 0.05) is 25.2 Å². The number of phosphoric ester groups is 2. The van der Waals surface area contributed by atoms with Crippen LogP contribution in [0.4, 0.5) is 0 Å². The van der Waals surface area contributed by atoms with Gasteiger partial charge in [0.2, 0.25) is 0 Å². The highest BCUT2D eigenvalue weighted by atomic mass is 31.2. The molecule has 0 aromatic heterocycles. The summed E-state index contributed by atoms with van der Waals surface area (Å²) < 4.78 is 47.7. The lowest BCUT2D eigenvalue weighted by Crippen LogP contribution is -2.29. The van der Waals surface area contributed by atoms with E-state index in [1.807, 2.05) is 12.2 Å². The maximum absolute atomic E-state index is 12.8. The van der Waals surface area contributed by atoms with E-state index >= 15 is 0 Å². The summed E-state index contributed by atoms with van der Waals surface area (Å²) in [5.74, 6) is -1.75. The minimum absolute atomic E-state index is 0.0470. The zero-order valence-electron chi connectivity index (χ0n) is 35.9. The number of ether oxygens (including phenoxy) is 2. The van der Waals surface area contributed by atoms with E-state index in [2.05, 4.69) is 35.0 Å². The molecule has 0 saturated heterocycles. The summed E-state index contributed by atoms with van der Waals surface area (Å²) in [7, 11) is -9.77. The molecule has 1 aliphatic carbocycles. The van der Waals surface area contributed by atoms with Crippen molar-refractivity contribution in [2.75, 3.05) is 26.4 Å². The van der Waals surface area contributed by atoms with Crippen LogP contribution in [0.25, 0.3) is 0 Å². The van der Waals surface area contributed by atoms with Gasteiger partial charge in [-0.25, -0.2) is 9.13 Å². The maximum Gasteiger partial charge on any atom is 0.472 e. The number of phosphoric acid groups is 2. The standard InChI is InChI=1S/C42H76O16P2/c1-3-5-7-8-9-10-11-12-13-14-15-16-21-25-41(47)54-32-36(33-57-60(52,53)56-31-35(44)30-55-59(49,50)51)58-42(48)26-22-18-17-20-24-37-38(40(46)29-39(37)45)28-27-34(43)23-19-6-4-2/h10-11,17,20,27-28,34-40,43-46H,3-9,12-16,18-19,21-26,29-33H2,1-2H3,(H,52,53)(H2,49,50,51)/b11-10-,20-17+,28-27+/t34-,35-,36+,37+,38+,39-,40+/m0/s1. The number of carbonyl (C=O) groups is 2. The molecule has 1 saturated carbocycles. The summed E-state index contributed by atoms with van der Waals surface area (Å²) in [5, 5.41) is 41.1. The van der Waals surface area contributed by atoms with Crippen LogP contribution >= 0.6 is 15.6 Å². The maximum atomic E-state index is 12.8. The molecule has 0 aromatic carbocycles. The van der Waals surface area contributed by atoms with Crippen molar-refractivity contribution in [3.63, 3.8) is 0 Å². The van der Waals surface area contributed by atoms with Crippen molar-refractivity contribution in [3.05, 3.63) is 36.5 Å². The molecule has 350 valence electrons. The van der Waals surface area contributed by atoms with Crippen LogP contribution in [0.2, 0.25) is 0 Å². The van der Waals surface area contributed by atoms with Crippen LogP contribution in [0.1, 0.15) is 149 Å². The van der Waals surface area contributed by atoms with Gasteiger partial charge in [-0.2, -0.15) is 0 Å². The van der Waals surface area contributed by atoms with Crippen LogP contribution in [0.3, 0.4) is 0 Å². The van der Waals surface area contributed by atoms with Crippen LogP contribution < -0.4 is 0 Å². The highest BCUT2D eigenvalue weighted by molar-refractivity contribution is 7.47. The van der Waals surface area contributed by atoms with Crippen LogP contribution in [-0.2, 0) is 41.8 Å². The van der Waals surface area contributed by atoms with Crippen LogP contribution in [0.5, 0.6) is 0 Å². The minimum Gasteiger partial charge on any atom is -0.462 e. The van der Waals surface area contributed by atoms with Crippen molar-refractivity contribution in [3.8, 4) is 0 Å². The average molecular weight is 899 g/mol. The Morgan fingerprint density at radius 1 is 0.667 bits per heavy atom. The number of rotatable bonds is 37. The molecule has 18 heteroatoms. The molecule has 1 rings (SSSR count). The third-order valence-corrected chi connectivity index (χ3v) is 11.5. The SMILES string of the molecule is CCCCCC/C=C\CCCCCCCC(=O)OC[C@H](COP(=O)(O)OC[C@@H](O)COP(=O)(O)O)OC(=O)CCC/C=C/C[C@@H]1[C@@H](/C=C/[C@@H](O)CCCCC)[C@H](O)C[C@@H]1O. The molecular weight excluding hydrogens is 822 g/mol. The number of aliphatic hydroxyl groups is 4. The molecule has 1 aliphatic rings. The molecule has 0 spiro atoms. The Morgan fingerprint density at radius 2 is 1.23 bits per heavy atom. The summed E-state index contributed by atoms with van der Waals surface area (Å²) in [5.41, 5.74) is 0. The third-order valence-electron chi connectivity index (χ3n) is 10.1. The van der Waals surface area contributed by atoms with Crippen LogP contribution in [0.15, 0.2) is 36.5 Å². The third kappa shape index (κ3) is 30.3. The quantitative estimate of drug-likeness (QED) is 0.0140. The first-order valence-corrected chi connectivity index (χ1v) is 25.0.